The minimum atomic E-state index is -0.192. The summed E-state index contributed by atoms with van der Waals surface area (Å²) in [4.78, 5) is 4.19. The number of fused-ring (bicyclic) bond motifs is 2. The number of aliphatic hydroxyl groups is 1. The Kier molecular flexibility index (Phi) is 2.26. The van der Waals surface area contributed by atoms with Crippen LogP contribution in [-0.2, 0) is 0 Å². The Morgan fingerprint density at radius 2 is 2.38 bits per heavy atom. The fraction of sp³-hybridized carbons (Fsp3) is 0.900. The van der Waals surface area contributed by atoms with E-state index >= 15 is 0 Å². The third kappa shape index (κ3) is 1.35. The van der Waals surface area contributed by atoms with Gasteiger partial charge in [0, 0.05) is 0 Å². The topological polar surface area (TPSA) is 32.6 Å². The maximum atomic E-state index is 9.73. The van der Waals surface area contributed by atoms with Crippen molar-refractivity contribution < 1.29 is 5.11 Å². The van der Waals surface area contributed by atoms with Gasteiger partial charge in [0.1, 0.15) is 0 Å². The van der Waals surface area contributed by atoms with Gasteiger partial charge < -0.3 is 5.11 Å². The summed E-state index contributed by atoms with van der Waals surface area (Å²) >= 11 is 4.63. The average molecular weight is 197 g/mol. The maximum absolute atomic E-state index is 9.73. The molecule has 0 aromatic rings. The monoisotopic (exact) mass is 197 g/mol. The molecule has 0 aromatic heterocycles. The van der Waals surface area contributed by atoms with Crippen molar-refractivity contribution in [3.63, 3.8) is 0 Å². The standard InChI is InChI=1S/C10H15NOS/c1-7(12)10-3-2-8(4-10)9(5-10)11-6-13/h7-9,12H,2-5H2,1H3. The van der Waals surface area contributed by atoms with Gasteiger partial charge in [-0.15, -0.1) is 0 Å². The van der Waals surface area contributed by atoms with Gasteiger partial charge >= 0.3 is 0 Å². The third-order valence-corrected chi connectivity index (χ3v) is 4.05. The number of rotatable bonds is 2. The number of aliphatic imine (C=N–C) groups is 1. The largest absolute Gasteiger partial charge is 0.393 e. The lowest BCUT2D eigenvalue weighted by Gasteiger charge is -2.30. The van der Waals surface area contributed by atoms with Crippen molar-refractivity contribution in [3.05, 3.63) is 0 Å². The van der Waals surface area contributed by atoms with E-state index in [-0.39, 0.29) is 11.5 Å². The molecule has 4 unspecified atom stereocenters. The number of hydrogen-bond donors (Lipinski definition) is 1. The second-order valence-electron chi connectivity index (χ2n) is 4.53. The molecular weight excluding hydrogens is 182 g/mol. The van der Waals surface area contributed by atoms with Crippen LogP contribution in [0.3, 0.4) is 0 Å². The van der Waals surface area contributed by atoms with Crippen LogP contribution in [0.1, 0.15) is 32.6 Å². The molecule has 0 aliphatic heterocycles. The van der Waals surface area contributed by atoms with Gasteiger partial charge in [-0.3, -0.25) is 0 Å². The second-order valence-corrected chi connectivity index (χ2v) is 4.72. The lowest BCUT2D eigenvalue weighted by atomic mass is 9.78. The SMILES string of the molecule is CC(O)C12CCC(C1)C(N=C=S)C2. The molecule has 0 saturated heterocycles. The zero-order chi connectivity index (χ0) is 9.47. The van der Waals surface area contributed by atoms with E-state index in [0.717, 1.165) is 12.8 Å². The Bertz CT molecular complexity index is 260. The van der Waals surface area contributed by atoms with Crippen LogP contribution in [0.4, 0.5) is 0 Å². The van der Waals surface area contributed by atoms with Crippen LogP contribution in [0.15, 0.2) is 4.99 Å². The Morgan fingerprint density at radius 1 is 1.62 bits per heavy atom. The van der Waals surface area contributed by atoms with E-state index in [2.05, 4.69) is 22.4 Å². The molecule has 2 bridgehead atoms. The Labute approximate surface area is 84.1 Å². The minimum Gasteiger partial charge on any atom is -0.393 e. The average Bonchev–Trinajstić information content (AvgIpc) is 2.63. The number of isothiocyanates is 1. The van der Waals surface area contributed by atoms with Crippen molar-refractivity contribution in [2.24, 2.45) is 16.3 Å². The summed E-state index contributed by atoms with van der Waals surface area (Å²) in [6.45, 7) is 1.91. The van der Waals surface area contributed by atoms with Crippen LogP contribution in [0.25, 0.3) is 0 Å². The predicted molar refractivity (Wildman–Crippen MR) is 54.9 cm³/mol. The number of nitrogens with zero attached hydrogens (tertiary/aromatic N) is 1. The first-order valence-corrected chi connectivity index (χ1v) is 5.34. The summed E-state index contributed by atoms with van der Waals surface area (Å²) in [7, 11) is 0. The maximum Gasteiger partial charge on any atom is 0.0637 e. The summed E-state index contributed by atoms with van der Waals surface area (Å²) in [6.07, 6.45) is 4.33. The van der Waals surface area contributed by atoms with E-state index in [1.807, 2.05) is 6.92 Å². The quantitative estimate of drug-likeness (QED) is 0.542. The summed E-state index contributed by atoms with van der Waals surface area (Å²) in [5, 5.41) is 12.2. The molecule has 13 heavy (non-hydrogen) atoms. The van der Waals surface area contributed by atoms with Gasteiger partial charge in [0.05, 0.1) is 17.3 Å². The highest BCUT2D eigenvalue weighted by molar-refractivity contribution is 7.78. The van der Waals surface area contributed by atoms with E-state index in [4.69, 9.17) is 0 Å². The summed E-state index contributed by atoms with van der Waals surface area (Å²) < 4.78 is 0. The summed E-state index contributed by atoms with van der Waals surface area (Å²) in [5.74, 6) is 0.657. The van der Waals surface area contributed by atoms with E-state index in [1.165, 1.54) is 12.8 Å². The summed E-state index contributed by atoms with van der Waals surface area (Å²) in [6, 6.07) is 0.348. The highest BCUT2D eigenvalue weighted by Crippen LogP contribution is 2.56. The van der Waals surface area contributed by atoms with E-state index in [0.29, 0.717) is 12.0 Å². The fourth-order valence-electron chi connectivity index (χ4n) is 3.06. The lowest BCUT2D eigenvalue weighted by molar-refractivity contribution is 0.0442. The molecule has 72 valence electrons. The first-order chi connectivity index (χ1) is 6.18. The molecule has 3 heteroatoms. The van der Waals surface area contributed by atoms with E-state index in [1.54, 1.807) is 0 Å². The molecule has 0 radical (unpaired) electrons. The van der Waals surface area contributed by atoms with Crippen LogP contribution in [0.2, 0.25) is 0 Å². The molecule has 4 atom stereocenters. The van der Waals surface area contributed by atoms with Crippen LogP contribution in [0, 0.1) is 11.3 Å². The van der Waals surface area contributed by atoms with Crippen molar-refractivity contribution >= 4 is 17.4 Å². The predicted octanol–water partition coefficient (Wildman–Crippen LogP) is 2.03. The van der Waals surface area contributed by atoms with E-state index < -0.39 is 0 Å². The molecule has 2 aliphatic carbocycles. The van der Waals surface area contributed by atoms with Crippen molar-refractivity contribution in [2.45, 2.75) is 44.8 Å². The van der Waals surface area contributed by atoms with Crippen LogP contribution in [0.5, 0.6) is 0 Å². The zero-order valence-electron chi connectivity index (χ0n) is 7.86. The number of aliphatic hydroxyl groups excluding tert-OH is 1. The second kappa shape index (κ2) is 3.16. The minimum absolute atomic E-state index is 0.158. The zero-order valence-corrected chi connectivity index (χ0v) is 8.68. The van der Waals surface area contributed by atoms with Crippen molar-refractivity contribution in [1.29, 1.82) is 0 Å². The van der Waals surface area contributed by atoms with Gasteiger partial charge in [-0.1, -0.05) is 0 Å². The van der Waals surface area contributed by atoms with Crippen molar-refractivity contribution in [2.75, 3.05) is 0 Å². The normalized spacial score (nSPS) is 44.5. The van der Waals surface area contributed by atoms with Crippen LogP contribution in [-0.4, -0.2) is 22.4 Å². The molecule has 2 rings (SSSR count). The van der Waals surface area contributed by atoms with Gasteiger partial charge in [0.15, 0.2) is 0 Å². The first-order valence-electron chi connectivity index (χ1n) is 4.93. The molecule has 1 N–H and O–H groups in total. The fourth-order valence-corrected chi connectivity index (χ4v) is 3.20. The number of thiocarbonyl (C=S) groups is 1. The molecular formula is C10H15NOS. The molecule has 0 amide bonds. The van der Waals surface area contributed by atoms with Crippen LogP contribution >= 0.6 is 12.2 Å². The van der Waals surface area contributed by atoms with Gasteiger partial charge in [-0.05, 0) is 56.2 Å². The van der Waals surface area contributed by atoms with Gasteiger partial charge in [0.25, 0.3) is 0 Å². The summed E-state index contributed by atoms with van der Waals surface area (Å²) in [5.41, 5.74) is 0.158. The highest BCUT2D eigenvalue weighted by Gasteiger charge is 2.52. The molecule has 2 saturated carbocycles. The molecule has 2 fully saturated rings. The Balaban J connectivity index is 2.17. The van der Waals surface area contributed by atoms with E-state index in [9.17, 15) is 5.11 Å². The lowest BCUT2D eigenvalue weighted by Crippen LogP contribution is -2.30. The third-order valence-electron chi connectivity index (χ3n) is 3.95. The van der Waals surface area contributed by atoms with Gasteiger partial charge in [-0.2, -0.15) is 0 Å². The Morgan fingerprint density at radius 3 is 2.92 bits per heavy atom. The molecule has 0 heterocycles. The van der Waals surface area contributed by atoms with Crippen LogP contribution < -0.4 is 0 Å². The van der Waals surface area contributed by atoms with Gasteiger partial charge in [0.2, 0.25) is 0 Å². The molecule has 0 spiro atoms. The Hall–Kier alpha value is -0.240. The van der Waals surface area contributed by atoms with Crippen molar-refractivity contribution in [3.8, 4) is 0 Å². The molecule has 2 nitrogen and oxygen atoms in total. The molecule has 0 aromatic carbocycles. The highest BCUT2D eigenvalue weighted by atomic mass is 32.1. The first kappa shape index (κ1) is 9.32. The molecule has 2 aliphatic rings. The number of hydrogen-bond acceptors (Lipinski definition) is 3. The van der Waals surface area contributed by atoms with Crippen molar-refractivity contribution in [1.82, 2.24) is 0 Å². The van der Waals surface area contributed by atoms with Gasteiger partial charge in [-0.25, -0.2) is 4.99 Å². The smallest absolute Gasteiger partial charge is 0.0637 e.